The van der Waals surface area contributed by atoms with E-state index >= 15 is 0 Å². The van der Waals surface area contributed by atoms with Crippen LogP contribution in [0.4, 0.5) is 0 Å². The molecular formula is C20H22N2O3. The van der Waals surface area contributed by atoms with E-state index in [1.54, 1.807) is 13.3 Å². The number of hydrogen-bond donors (Lipinski definition) is 1. The lowest BCUT2D eigenvalue weighted by Gasteiger charge is -2.11. The maximum absolute atomic E-state index is 11.9. The SMILES string of the molecule is COc1cccc(/C=N/NC(=O)COc2ccc(C)c3c2CCC3)c1. The Morgan fingerprint density at radius 2 is 2.08 bits per heavy atom. The highest BCUT2D eigenvalue weighted by atomic mass is 16.5. The van der Waals surface area contributed by atoms with E-state index < -0.39 is 0 Å². The molecule has 0 atom stereocenters. The summed E-state index contributed by atoms with van der Waals surface area (Å²) in [7, 11) is 1.61. The molecule has 0 aliphatic heterocycles. The predicted octanol–water partition coefficient (Wildman–Crippen LogP) is 3.02. The van der Waals surface area contributed by atoms with Crippen LogP contribution in [0.2, 0.25) is 0 Å². The van der Waals surface area contributed by atoms with Gasteiger partial charge in [-0.3, -0.25) is 4.79 Å². The zero-order chi connectivity index (χ0) is 17.6. The second-order valence-electron chi connectivity index (χ2n) is 6.05. The molecule has 1 amide bonds. The highest BCUT2D eigenvalue weighted by molar-refractivity contribution is 5.83. The van der Waals surface area contributed by atoms with Gasteiger partial charge in [-0.25, -0.2) is 5.43 Å². The summed E-state index contributed by atoms with van der Waals surface area (Å²) in [5.41, 5.74) is 7.24. The fourth-order valence-corrected chi connectivity index (χ4v) is 3.06. The van der Waals surface area contributed by atoms with Crippen molar-refractivity contribution in [1.29, 1.82) is 0 Å². The Bertz CT molecular complexity index is 800. The normalized spacial score (nSPS) is 12.9. The van der Waals surface area contributed by atoms with Gasteiger partial charge in [0.1, 0.15) is 11.5 Å². The molecule has 0 aromatic heterocycles. The third-order valence-electron chi connectivity index (χ3n) is 4.33. The first-order chi connectivity index (χ1) is 12.2. The zero-order valence-corrected chi connectivity index (χ0v) is 14.5. The number of amides is 1. The van der Waals surface area contributed by atoms with Crippen molar-refractivity contribution in [2.45, 2.75) is 26.2 Å². The van der Waals surface area contributed by atoms with Crippen molar-refractivity contribution in [1.82, 2.24) is 5.43 Å². The third-order valence-corrected chi connectivity index (χ3v) is 4.33. The lowest BCUT2D eigenvalue weighted by molar-refractivity contribution is -0.123. The number of fused-ring (bicyclic) bond motifs is 1. The van der Waals surface area contributed by atoms with Crippen LogP contribution in [0.1, 0.15) is 28.7 Å². The maximum atomic E-state index is 11.9. The topological polar surface area (TPSA) is 59.9 Å². The number of nitrogens with one attached hydrogen (secondary N) is 1. The highest BCUT2D eigenvalue weighted by Crippen LogP contribution is 2.32. The summed E-state index contributed by atoms with van der Waals surface area (Å²) in [4.78, 5) is 11.9. The van der Waals surface area contributed by atoms with Gasteiger partial charge in [0, 0.05) is 0 Å². The van der Waals surface area contributed by atoms with Gasteiger partial charge in [0.2, 0.25) is 0 Å². The maximum Gasteiger partial charge on any atom is 0.277 e. The molecule has 0 spiro atoms. The summed E-state index contributed by atoms with van der Waals surface area (Å²) < 4.78 is 10.8. The van der Waals surface area contributed by atoms with Crippen molar-refractivity contribution >= 4 is 12.1 Å². The Labute approximate surface area is 147 Å². The molecule has 5 heteroatoms. The fourth-order valence-electron chi connectivity index (χ4n) is 3.06. The summed E-state index contributed by atoms with van der Waals surface area (Å²) >= 11 is 0. The van der Waals surface area contributed by atoms with Gasteiger partial charge in [0.05, 0.1) is 13.3 Å². The molecule has 0 fully saturated rings. The second kappa shape index (κ2) is 7.83. The molecule has 5 nitrogen and oxygen atoms in total. The van der Waals surface area contributed by atoms with E-state index in [0.29, 0.717) is 0 Å². The molecule has 0 unspecified atom stereocenters. The third kappa shape index (κ3) is 4.18. The monoisotopic (exact) mass is 338 g/mol. The van der Waals surface area contributed by atoms with Gasteiger partial charge in [-0.2, -0.15) is 5.10 Å². The first-order valence-corrected chi connectivity index (χ1v) is 8.37. The molecule has 0 saturated heterocycles. The van der Waals surface area contributed by atoms with Gasteiger partial charge >= 0.3 is 0 Å². The molecule has 0 heterocycles. The van der Waals surface area contributed by atoms with E-state index in [4.69, 9.17) is 9.47 Å². The number of hydrogen-bond acceptors (Lipinski definition) is 4. The fraction of sp³-hybridized carbons (Fsp3) is 0.300. The Balaban J connectivity index is 1.53. The zero-order valence-electron chi connectivity index (χ0n) is 14.5. The number of ether oxygens (including phenoxy) is 2. The lowest BCUT2D eigenvalue weighted by atomic mass is 10.0. The molecule has 130 valence electrons. The van der Waals surface area contributed by atoms with Crippen LogP contribution < -0.4 is 14.9 Å². The summed E-state index contributed by atoms with van der Waals surface area (Å²) in [6.45, 7) is 2.07. The van der Waals surface area contributed by atoms with E-state index in [2.05, 4.69) is 23.5 Å². The molecule has 2 aromatic carbocycles. The molecule has 2 aromatic rings. The van der Waals surface area contributed by atoms with Crippen LogP contribution in [-0.4, -0.2) is 25.8 Å². The average Bonchev–Trinajstić information content (AvgIpc) is 3.12. The second-order valence-corrected chi connectivity index (χ2v) is 6.05. The van der Waals surface area contributed by atoms with Gasteiger partial charge in [-0.1, -0.05) is 18.2 Å². The number of rotatable bonds is 6. The summed E-state index contributed by atoms with van der Waals surface area (Å²) in [6.07, 6.45) is 4.83. The van der Waals surface area contributed by atoms with E-state index in [0.717, 1.165) is 36.3 Å². The van der Waals surface area contributed by atoms with Crippen LogP contribution in [0.15, 0.2) is 41.5 Å². The first kappa shape index (κ1) is 17.0. The number of carbonyl (C=O) groups excluding carboxylic acids is 1. The van der Waals surface area contributed by atoms with Crippen LogP contribution in [0, 0.1) is 6.92 Å². The van der Waals surface area contributed by atoms with Crippen LogP contribution >= 0.6 is 0 Å². The first-order valence-electron chi connectivity index (χ1n) is 8.37. The molecule has 0 saturated carbocycles. The summed E-state index contributed by atoms with van der Waals surface area (Å²) in [5, 5.41) is 3.96. The minimum Gasteiger partial charge on any atom is -0.497 e. The molecule has 3 rings (SSSR count). The molecule has 25 heavy (non-hydrogen) atoms. The van der Waals surface area contributed by atoms with Crippen LogP contribution in [0.5, 0.6) is 11.5 Å². The number of nitrogens with zero attached hydrogens (tertiary/aromatic N) is 1. The van der Waals surface area contributed by atoms with Crippen LogP contribution in [-0.2, 0) is 17.6 Å². The van der Waals surface area contributed by atoms with E-state index in [1.165, 1.54) is 16.7 Å². The van der Waals surface area contributed by atoms with Gasteiger partial charge in [-0.05, 0) is 66.6 Å². The minimum absolute atomic E-state index is 0.0506. The minimum atomic E-state index is -0.286. The van der Waals surface area contributed by atoms with E-state index in [9.17, 15) is 4.79 Å². The Morgan fingerprint density at radius 1 is 1.24 bits per heavy atom. The Hall–Kier alpha value is -2.82. The van der Waals surface area contributed by atoms with Gasteiger partial charge in [0.15, 0.2) is 6.61 Å². The lowest BCUT2D eigenvalue weighted by Crippen LogP contribution is -2.24. The number of methoxy groups -OCH3 is 1. The van der Waals surface area contributed by atoms with Crippen LogP contribution in [0.25, 0.3) is 0 Å². The molecule has 1 aliphatic carbocycles. The Morgan fingerprint density at radius 3 is 2.92 bits per heavy atom. The average molecular weight is 338 g/mol. The van der Waals surface area contributed by atoms with Crippen molar-refractivity contribution in [2.75, 3.05) is 13.7 Å². The quantitative estimate of drug-likeness (QED) is 0.650. The number of aryl methyl sites for hydroxylation is 1. The van der Waals surface area contributed by atoms with E-state index in [1.807, 2.05) is 30.3 Å². The molecular weight excluding hydrogens is 316 g/mol. The van der Waals surface area contributed by atoms with Gasteiger partial charge in [-0.15, -0.1) is 0 Å². The molecule has 1 aliphatic rings. The summed E-state index contributed by atoms with van der Waals surface area (Å²) in [6, 6.07) is 11.4. The van der Waals surface area contributed by atoms with Crippen molar-refractivity contribution in [3.05, 3.63) is 58.7 Å². The highest BCUT2D eigenvalue weighted by Gasteiger charge is 2.18. The van der Waals surface area contributed by atoms with E-state index in [-0.39, 0.29) is 12.5 Å². The van der Waals surface area contributed by atoms with Crippen LogP contribution in [0.3, 0.4) is 0 Å². The van der Waals surface area contributed by atoms with Gasteiger partial charge in [0.25, 0.3) is 5.91 Å². The molecule has 1 N–H and O–H groups in total. The number of carbonyl (C=O) groups is 1. The van der Waals surface area contributed by atoms with Crippen molar-refractivity contribution in [3.8, 4) is 11.5 Å². The number of benzene rings is 2. The number of hydrazone groups is 1. The largest absolute Gasteiger partial charge is 0.497 e. The van der Waals surface area contributed by atoms with Gasteiger partial charge < -0.3 is 9.47 Å². The summed E-state index contributed by atoms with van der Waals surface area (Å²) in [5.74, 6) is 1.27. The van der Waals surface area contributed by atoms with Crippen molar-refractivity contribution in [2.24, 2.45) is 5.10 Å². The van der Waals surface area contributed by atoms with Crippen molar-refractivity contribution in [3.63, 3.8) is 0 Å². The molecule has 0 radical (unpaired) electrons. The predicted molar refractivity (Wildman–Crippen MR) is 97.4 cm³/mol. The Kier molecular flexibility index (Phi) is 5.33. The smallest absolute Gasteiger partial charge is 0.277 e. The standard InChI is InChI=1S/C20H22N2O3/c1-14-9-10-19(18-8-4-7-17(14)18)25-13-20(23)22-21-12-15-5-3-6-16(11-15)24-2/h3,5-6,9-12H,4,7-8,13H2,1-2H3,(H,22,23)/b21-12+. The molecule has 0 bridgehead atoms. The van der Waals surface area contributed by atoms with Crippen molar-refractivity contribution < 1.29 is 14.3 Å².